The maximum Gasteiger partial charge on any atom is 0.0544 e. The summed E-state index contributed by atoms with van der Waals surface area (Å²) in [6, 6.07) is 0. The van der Waals surface area contributed by atoms with Crippen LogP contribution in [0.1, 0.15) is 31.7 Å². The number of aliphatic hydroxyl groups excluding tert-OH is 1. The number of methoxy groups -OCH3 is 1. The molecule has 0 spiro atoms. The number of nitrogens with zero attached hydrogens (tertiary/aromatic N) is 2. The quantitative estimate of drug-likeness (QED) is 0.767. The van der Waals surface area contributed by atoms with Crippen LogP contribution in [0, 0.1) is 0 Å². The fourth-order valence-electron chi connectivity index (χ4n) is 1.62. The Bertz CT molecular complexity index is 299. The third-order valence-corrected chi connectivity index (χ3v) is 2.83. The number of rotatable bonds is 7. The molecule has 4 heteroatoms. The van der Waals surface area contributed by atoms with Crippen molar-refractivity contribution in [3.8, 4) is 0 Å². The number of hydrogen-bond acceptors (Lipinski definition) is 3. The monoisotopic (exact) mass is 226 g/mol. The SMILES string of the molecule is COC(C)CCC(O)CCc1cnn(C)c1. The molecule has 92 valence electrons. The zero-order chi connectivity index (χ0) is 12.0. The Balaban J connectivity index is 2.17. The maximum atomic E-state index is 9.78. The normalized spacial score (nSPS) is 15.0. The summed E-state index contributed by atoms with van der Waals surface area (Å²) in [7, 11) is 3.60. The van der Waals surface area contributed by atoms with Gasteiger partial charge < -0.3 is 9.84 Å². The van der Waals surface area contributed by atoms with Crippen molar-refractivity contribution in [3.63, 3.8) is 0 Å². The van der Waals surface area contributed by atoms with Crippen LogP contribution in [-0.2, 0) is 18.2 Å². The van der Waals surface area contributed by atoms with E-state index in [-0.39, 0.29) is 12.2 Å². The van der Waals surface area contributed by atoms with Crippen LogP contribution < -0.4 is 0 Å². The highest BCUT2D eigenvalue weighted by Gasteiger charge is 2.08. The molecule has 4 nitrogen and oxygen atoms in total. The minimum absolute atomic E-state index is 0.230. The number of aryl methyl sites for hydroxylation is 2. The smallest absolute Gasteiger partial charge is 0.0544 e. The molecule has 2 unspecified atom stereocenters. The second-order valence-corrected chi connectivity index (χ2v) is 4.34. The summed E-state index contributed by atoms with van der Waals surface area (Å²) in [6.07, 6.45) is 7.22. The zero-order valence-electron chi connectivity index (χ0n) is 10.4. The van der Waals surface area contributed by atoms with Gasteiger partial charge in [0.25, 0.3) is 0 Å². The molecule has 0 bridgehead atoms. The van der Waals surface area contributed by atoms with E-state index in [1.54, 1.807) is 11.8 Å². The van der Waals surface area contributed by atoms with E-state index in [9.17, 15) is 5.11 Å². The van der Waals surface area contributed by atoms with Crippen molar-refractivity contribution in [3.05, 3.63) is 18.0 Å². The van der Waals surface area contributed by atoms with Gasteiger partial charge in [-0.15, -0.1) is 0 Å². The fourth-order valence-corrected chi connectivity index (χ4v) is 1.62. The predicted molar refractivity (Wildman–Crippen MR) is 63.2 cm³/mol. The number of hydrogen-bond donors (Lipinski definition) is 1. The van der Waals surface area contributed by atoms with Crippen LogP contribution in [0.15, 0.2) is 12.4 Å². The van der Waals surface area contributed by atoms with E-state index in [0.29, 0.717) is 0 Å². The maximum absolute atomic E-state index is 9.78. The summed E-state index contributed by atoms with van der Waals surface area (Å²) in [5, 5.41) is 13.9. The van der Waals surface area contributed by atoms with E-state index in [1.807, 2.05) is 26.4 Å². The molecule has 0 aliphatic heterocycles. The van der Waals surface area contributed by atoms with Gasteiger partial charge in [-0.05, 0) is 38.2 Å². The third-order valence-electron chi connectivity index (χ3n) is 2.83. The molecule has 1 N–H and O–H groups in total. The van der Waals surface area contributed by atoms with Crippen LogP contribution in [0.5, 0.6) is 0 Å². The first-order valence-electron chi connectivity index (χ1n) is 5.80. The second-order valence-electron chi connectivity index (χ2n) is 4.34. The molecular formula is C12H22N2O2. The highest BCUT2D eigenvalue weighted by molar-refractivity contribution is 5.03. The Morgan fingerprint density at radius 3 is 2.75 bits per heavy atom. The molecule has 0 aliphatic rings. The van der Waals surface area contributed by atoms with Crippen LogP contribution in [0.4, 0.5) is 0 Å². The standard InChI is InChI=1S/C12H22N2O2/c1-10(16-3)4-6-12(15)7-5-11-8-13-14(2)9-11/h8-10,12,15H,4-7H2,1-3H3. The first-order chi connectivity index (χ1) is 7.61. The van der Waals surface area contributed by atoms with E-state index in [2.05, 4.69) is 5.10 Å². The van der Waals surface area contributed by atoms with Crippen molar-refractivity contribution in [2.24, 2.45) is 7.05 Å². The van der Waals surface area contributed by atoms with Gasteiger partial charge in [-0.2, -0.15) is 5.10 Å². The topological polar surface area (TPSA) is 47.3 Å². The van der Waals surface area contributed by atoms with Gasteiger partial charge in [0, 0.05) is 20.4 Å². The van der Waals surface area contributed by atoms with Crippen molar-refractivity contribution < 1.29 is 9.84 Å². The molecule has 0 saturated carbocycles. The third kappa shape index (κ3) is 4.77. The van der Waals surface area contributed by atoms with E-state index < -0.39 is 0 Å². The van der Waals surface area contributed by atoms with Gasteiger partial charge in [0.15, 0.2) is 0 Å². The van der Waals surface area contributed by atoms with Gasteiger partial charge in [-0.25, -0.2) is 0 Å². The van der Waals surface area contributed by atoms with E-state index in [0.717, 1.165) is 25.7 Å². The van der Waals surface area contributed by atoms with Gasteiger partial charge in [0.1, 0.15) is 0 Å². The second kappa shape index (κ2) is 6.66. The van der Waals surface area contributed by atoms with Crippen molar-refractivity contribution in [1.82, 2.24) is 9.78 Å². The number of ether oxygens (including phenoxy) is 1. The average molecular weight is 226 g/mol. The first-order valence-corrected chi connectivity index (χ1v) is 5.80. The van der Waals surface area contributed by atoms with Gasteiger partial charge >= 0.3 is 0 Å². The minimum atomic E-state index is -0.238. The van der Waals surface area contributed by atoms with E-state index >= 15 is 0 Å². The van der Waals surface area contributed by atoms with Gasteiger partial charge in [0.05, 0.1) is 18.4 Å². The Morgan fingerprint density at radius 1 is 1.44 bits per heavy atom. The van der Waals surface area contributed by atoms with Crippen LogP contribution in [0.25, 0.3) is 0 Å². The Morgan fingerprint density at radius 2 is 2.19 bits per heavy atom. The van der Waals surface area contributed by atoms with Crippen LogP contribution in [-0.4, -0.2) is 34.2 Å². The zero-order valence-corrected chi connectivity index (χ0v) is 10.4. The van der Waals surface area contributed by atoms with E-state index in [1.165, 1.54) is 5.56 Å². The summed E-state index contributed by atoms with van der Waals surface area (Å²) < 4.78 is 6.93. The summed E-state index contributed by atoms with van der Waals surface area (Å²) in [4.78, 5) is 0. The van der Waals surface area contributed by atoms with E-state index in [4.69, 9.17) is 4.74 Å². The van der Waals surface area contributed by atoms with Gasteiger partial charge in [-0.1, -0.05) is 0 Å². The van der Waals surface area contributed by atoms with Crippen molar-refractivity contribution in [1.29, 1.82) is 0 Å². The Hall–Kier alpha value is -0.870. The summed E-state index contributed by atoms with van der Waals surface area (Å²) in [5.41, 5.74) is 1.18. The number of aliphatic hydroxyl groups is 1. The van der Waals surface area contributed by atoms with Crippen molar-refractivity contribution in [2.75, 3.05) is 7.11 Å². The largest absolute Gasteiger partial charge is 0.393 e. The van der Waals surface area contributed by atoms with Crippen LogP contribution in [0.2, 0.25) is 0 Å². The summed E-state index contributed by atoms with van der Waals surface area (Å²) in [5.74, 6) is 0. The lowest BCUT2D eigenvalue weighted by Gasteiger charge is -2.13. The molecule has 0 aromatic carbocycles. The van der Waals surface area contributed by atoms with Crippen molar-refractivity contribution >= 4 is 0 Å². The van der Waals surface area contributed by atoms with Gasteiger partial charge in [0.2, 0.25) is 0 Å². The lowest BCUT2D eigenvalue weighted by Crippen LogP contribution is -2.13. The molecular weight excluding hydrogens is 204 g/mol. The van der Waals surface area contributed by atoms with Gasteiger partial charge in [-0.3, -0.25) is 4.68 Å². The Kier molecular flexibility index (Phi) is 5.49. The Labute approximate surface area is 97.2 Å². The average Bonchev–Trinajstić information content (AvgIpc) is 2.69. The molecule has 0 saturated heterocycles. The molecule has 0 amide bonds. The molecule has 0 fully saturated rings. The molecule has 0 aliphatic carbocycles. The molecule has 1 rings (SSSR count). The molecule has 1 aromatic rings. The molecule has 2 atom stereocenters. The molecule has 1 aromatic heterocycles. The first kappa shape index (κ1) is 13.2. The summed E-state index contributed by atoms with van der Waals surface area (Å²) in [6.45, 7) is 2.02. The lowest BCUT2D eigenvalue weighted by atomic mass is 10.0. The van der Waals surface area contributed by atoms with Crippen LogP contribution in [0.3, 0.4) is 0 Å². The van der Waals surface area contributed by atoms with Crippen LogP contribution >= 0.6 is 0 Å². The predicted octanol–water partition coefficient (Wildman–Crippen LogP) is 1.53. The minimum Gasteiger partial charge on any atom is -0.393 e. The number of aromatic nitrogens is 2. The highest BCUT2D eigenvalue weighted by atomic mass is 16.5. The molecule has 1 heterocycles. The molecule has 16 heavy (non-hydrogen) atoms. The fraction of sp³-hybridized carbons (Fsp3) is 0.750. The highest BCUT2D eigenvalue weighted by Crippen LogP contribution is 2.10. The lowest BCUT2D eigenvalue weighted by molar-refractivity contribution is 0.0826. The van der Waals surface area contributed by atoms with Crippen molar-refractivity contribution in [2.45, 2.75) is 44.8 Å². The summed E-state index contributed by atoms with van der Waals surface area (Å²) >= 11 is 0. The molecule has 0 radical (unpaired) electrons.